The molecule has 1 aromatic carbocycles. The fourth-order valence-corrected chi connectivity index (χ4v) is 1.84. The number of hydrazine groups is 1. The number of carbonyl (C=O) groups excluding carboxylic acids is 1. The molecule has 3 N–H and O–H groups in total. The number of hydrogen-bond acceptors (Lipinski definition) is 5. The van der Waals surface area contributed by atoms with Gasteiger partial charge in [-0.2, -0.15) is 0 Å². The fourth-order valence-electron chi connectivity index (χ4n) is 1.84. The lowest BCUT2D eigenvalue weighted by atomic mass is 9.99. The van der Waals surface area contributed by atoms with Crippen LogP contribution in [0.25, 0.3) is 6.08 Å². The molecule has 0 bridgehead atoms. The quantitative estimate of drug-likeness (QED) is 0.372. The van der Waals surface area contributed by atoms with Crippen LogP contribution in [-0.2, 0) is 4.79 Å². The highest BCUT2D eigenvalue weighted by atomic mass is 16.6. The number of nitro benzene ring substituents is 1. The van der Waals surface area contributed by atoms with Crippen LogP contribution in [0.4, 0.5) is 5.69 Å². The zero-order chi connectivity index (χ0) is 14.5. The van der Waals surface area contributed by atoms with Gasteiger partial charge in [0, 0.05) is 12.3 Å². The Kier molecular flexibility index (Phi) is 4.02. The summed E-state index contributed by atoms with van der Waals surface area (Å²) >= 11 is 0. The molecule has 1 aromatic rings. The minimum Gasteiger partial charge on any atom is -0.293 e. The molecule has 0 fully saturated rings. The molecule has 0 radical (unpaired) electrons. The van der Waals surface area contributed by atoms with Gasteiger partial charge < -0.3 is 0 Å². The number of carbonyl (C=O) groups is 1. The molecule has 1 atom stereocenters. The normalized spacial score (nSPS) is 19.1. The van der Waals surface area contributed by atoms with E-state index in [1.807, 2.05) is 5.43 Å². The minimum atomic E-state index is -0.662. The number of hydrogen-bond donors (Lipinski definition) is 2. The van der Waals surface area contributed by atoms with Gasteiger partial charge in [-0.15, -0.1) is 0 Å². The zero-order valence-electron chi connectivity index (χ0n) is 10.4. The number of dihydropyridines is 1. The molecule has 1 heterocycles. The van der Waals surface area contributed by atoms with E-state index in [0.29, 0.717) is 11.3 Å². The second-order valence-electron chi connectivity index (χ2n) is 4.03. The van der Waals surface area contributed by atoms with Crippen LogP contribution in [0.1, 0.15) is 5.56 Å². The summed E-state index contributed by atoms with van der Waals surface area (Å²) in [5, 5.41) is 11.0. The lowest BCUT2D eigenvalue weighted by molar-refractivity contribution is -0.385. The van der Waals surface area contributed by atoms with Gasteiger partial charge in [0.15, 0.2) is 0 Å². The third-order valence-corrected chi connectivity index (χ3v) is 2.79. The maximum absolute atomic E-state index is 11.7. The molecule has 0 saturated heterocycles. The summed E-state index contributed by atoms with van der Waals surface area (Å²) in [4.78, 5) is 26.2. The molecule has 1 aliphatic rings. The van der Waals surface area contributed by atoms with Gasteiger partial charge in [-0.1, -0.05) is 18.2 Å². The molecule has 0 aromatic heterocycles. The first-order valence-electron chi connectivity index (χ1n) is 5.80. The first kappa shape index (κ1) is 13.6. The summed E-state index contributed by atoms with van der Waals surface area (Å²) in [7, 11) is 0. The van der Waals surface area contributed by atoms with Gasteiger partial charge >= 0.3 is 0 Å². The molecule has 1 aliphatic heterocycles. The van der Waals surface area contributed by atoms with Crippen molar-refractivity contribution in [2.24, 2.45) is 16.8 Å². The molecule has 102 valence electrons. The van der Waals surface area contributed by atoms with E-state index < -0.39 is 16.7 Å². The van der Waals surface area contributed by atoms with E-state index in [0.717, 1.165) is 0 Å². The van der Waals surface area contributed by atoms with E-state index in [1.165, 1.54) is 18.4 Å². The number of nitrogens with two attached hydrogens (primary N) is 1. The van der Waals surface area contributed by atoms with Gasteiger partial charge in [0.25, 0.3) is 5.69 Å². The summed E-state index contributed by atoms with van der Waals surface area (Å²) in [6, 6.07) is 6.25. The van der Waals surface area contributed by atoms with Gasteiger partial charge in [0.1, 0.15) is 0 Å². The Bertz CT molecular complexity index is 634. The van der Waals surface area contributed by atoms with Crippen molar-refractivity contribution in [3.05, 3.63) is 57.8 Å². The number of para-hydroxylation sites is 1. The SMILES string of the molecule is NNC(=O)C1C=CC=NC1=Cc1ccccc1[N+](=O)[O-]. The van der Waals surface area contributed by atoms with Crippen molar-refractivity contribution in [3.8, 4) is 0 Å². The second kappa shape index (κ2) is 5.89. The van der Waals surface area contributed by atoms with Gasteiger partial charge in [-0.05, 0) is 18.2 Å². The van der Waals surface area contributed by atoms with Crippen molar-refractivity contribution >= 4 is 23.9 Å². The van der Waals surface area contributed by atoms with Crippen molar-refractivity contribution in [1.82, 2.24) is 5.43 Å². The summed E-state index contributed by atoms with van der Waals surface area (Å²) < 4.78 is 0. The first-order chi connectivity index (χ1) is 9.63. The Morgan fingerprint density at radius 2 is 2.20 bits per heavy atom. The van der Waals surface area contributed by atoms with Crippen LogP contribution in [0.15, 0.2) is 47.1 Å². The monoisotopic (exact) mass is 272 g/mol. The summed E-state index contributed by atoms with van der Waals surface area (Å²) in [5.41, 5.74) is 2.78. The van der Waals surface area contributed by atoms with Gasteiger partial charge in [-0.25, -0.2) is 5.84 Å². The molecular weight excluding hydrogens is 260 g/mol. The van der Waals surface area contributed by atoms with E-state index in [4.69, 9.17) is 5.84 Å². The van der Waals surface area contributed by atoms with Gasteiger partial charge in [-0.3, -0.25) is 25.3 Å². The van der Waals surface area contributed by atoms with Gasteiger partial charge in [0.2, 0.25) is 5.91 Å². The van der Waals surface area contributed by atoms with Crippen molar-refractivity contribution in [2.75, 3.05) is 0 Å². The van der Waals surface area contributed by atoms with Crippen LogP contribution >= 0.6 is 0 Å². The molecular formula is C13H12N4O3. The van der Waals surface area contributed by atoms with E-state index in [9.17, 15) is 14.9 Å². The molecule has 7 heteroatoms. The Morgan fingerprint density at radius 1 is 1.45 bits per heavy atom. The minimum absolute atomic E-state index is 0.0448. The number of allylic oxidation sites excluding steroid dienone is 1. The molecule has 20 heavy (non-hydrogen) atoms. The first-order valence-corrected chi connectivity index (χ1v) is 5.80. The molecule has 1 amide bonds. The average molecular weight is 272 g/mol. The highest BCUT2D eigenvalue weighted by Crippen LogP contribution is 2.25. The van der Waals surface area contributed by atoms with Crippen molar-refractivity contribution in [3.63, 3.8) is 0 Å². The Balaban J connectivity index is 2.43. The summed E-state index contributed by atoms with van der Waals surface area (Å²) in [6.07, 6.45) is 6.27. The van der Waals surface area contributed by atoms with E-state index in [1.54, 1.807) is 30.4 Å². The fraction of sp³-hybridized carbons (Fsp3) is 0.0769. The van der Waals surface area contributed by atoms with Crippen LogP contribution in [0, 0.1) is 16.0 Å². The second-order valence-corrected chi connectivity index (χ2v) is 4.03. The zero-order valence-corrected chi connectivity index (χ0v) is 10.4. The summed E-state index contributed by atoms with van der Waals surface area (Å²) in [6.45, 7) is 0. The van der Waals surface area contributed by atoms with Crippen LogP contribution in [0.3, 0.4) is 0 Å². The number of nitro groups is 1. The molecule has 1 unspecified atom stereocenters. The predicted octanol–water partition coefficient (Wildman–Crippen LogP) is 1.18. The molecule has 7 nitrogen and oxygen atoms in total. The highest BCUT2D eigenvalue weighted by Gasteiger charge is 2.22. The predicted molar refractivity (Wildman–Crippen MR) is 74.5 cm³/mol. The van der Waals surface area contributed by atoms with Crippen LogP contribution in [-0.4, -0.2) is 17.0 Å². The van der Waals surface area contributed by atoms with E-state index in [-0.39, 0.29) is 5.69 Å². The lowest BCUT2D eigenvalue weighted by Crippen LogP contribution is -2.36. The Labute approximate surface area is 114 Å². The van der Waals surface area contributed by atoms with E-state index in [2.05, 4.69) is 4.99 Å². The van der Waals surface area contributed by atoms with Crippen LogP contribution in [0.2, 0.25) is 0 Å². The molecule has 0 saturated carbocycles. The molecule has 0 spiro atoms. The third-order valence-electron chi connectivity index (χ3n) is 2.79. The van der Waals surface area contributed by atoms with Crippen molar-refractivity contribution in [2.45, 2.75) is 0 Å². The smallest absolute Gasteiger partial charge is 0.276 e. The van der Waals surface area contributed by atoms with Crippen LogP contribution < -0.4 is 11.3 Å². The number of nitrogens with zero attached hydrogens (tertiary/aromatic N) is 2. The largest absolute Gasteiger partial charge is 0.293 e. The van der Waals surface area contributed by atoms with Crippen molar-refractivity contribution < 1.29 is 9.72 Å². The third kappa shape index (κ3) is 2.78. The average Bonchev–Trinajstić information content (AvgIpc) is 2.47. The van der Waals surface area contributed by atoms with Crippen LogP contribution in [0.5, 0.6) is 0 Å². The number of aliphatic imine (C=N–C) groups is 1. The standard InChI is InChI=1S/C13H12N4O3/c14-16-13(18)10-5-3-7-15-11(10)8-9-4-1-2-6-12(9)17(19)20/h1-8,10H,14H2,(H,16,18). The maximum atomic E-state index is 11.7. The highest BCUT2D eigenvalue weighted by molar-refractivity contribution is 5.89. The van der Waals surface area contributed by atoms with E-state index >= 15 is 0 Å². The molecule has 0 aliphatic carbocycles. The number of benzene rings is 1. The summed E-state index contributed by atoms with van der Waals surface area (Å²) in [5.74, 6) is 4.03. The van der Waals surface area contributed by atoms with Crippen molar-refractivity contribution in [1.29, 1.82) is 0 Å². The topological polar surface area (TPSA) is 111 Å². The Hall–Kier alpha value is -2.80. The van der Waals surface area contributed by atoms with Gasteiger partial charge in [0.05, 0.1) is 22.1 Å². The number of rotatable bonds is 3. The maximum Gasteiger partial charge on any atom is 0.276 e. The number of nitrogens with one attached hydrogen (secondary N) is 1. The lowest BCUT2D eigenvalue weighted by Gasteiger charge is -2.14. The number of amides is 1. The Morgan fingerprint density at radius 3 is 2.90 bits per heavy atom. The molecule has 2 rings (SSSR count).